The average molecular weight is 240 g/mol. The molecule has 0 saturated carbocycles. The zero-order valence-corrected chi connectivity index (χ0v) is 10.3. The molecule has 2 rings (SSSR count). The van der Waals surface area contributed by atoms with Gasteiger partial charge in [0.05, 0.1) is 11.5 Å². The molecule has 1 aliphatic rings. The normalized spacial score (nSPS) is 28.2. The molecule has 0 spiro atoms. The van der Waals surface area contributed by atoms with Crippen molar-refractivity contribution in [1.82, 2.24) is 0 Å². The highest BCUT2D eigenvalue weighted by Crippen LogP contribution is 2.34. The molecule has 0 bridgehead atoms. The van der Waals surface area contributed by atoms with Gasteiger partial charge < -0.3 is 5.11 Å². The van der Waals surface area contributed by atoms with E-state index in [1.807, 2.05) is 32.0 Å². The molecule has 1 aromatic carbocycles. The number of benzene rings is 1. The smallest absolute Gasteiger partial charge is 0.153 e. The van der Waals surface area contributed by atoms with Gasteiger partial charge in [-0.2, -0.15) is 0 Å². The Kier molecular flexibility index (Phi) is 2.59. The third-order valence-electron chi connectivity index (χ3n) is 3.04. The maximum absolute atomic E-state index is 11.4. The van der Waals surface area contributed by atoms with Crippen molar-refractivity contribution in [3.63, 3.8) is 0 Å². The van der Waals surface area contributed by atoms with Gasteiger partial charge in [0.2, 0.25) is 0 Å². The Morgan fingerprint density at radius 1 is 1.19 bits per heavy atom. The number of aryl methyl sites for hydroxylation is 2. The number of rotatable bonds is 1. The fourth-order valence-corrected chi connectivity index (χ4v) is 4.14. The Bertz CT molecular complexity index is 499. The summed E-state index contributed by atoms with van der Waals surface area (Å²) in [5.41, 5.74) is 1.64. The molecule has 0 amide bonds. The summed E-state index contributed by atoms with van der Waals surface area (Å²) in [5.74, 6) is -0.0701. The molecule has 1 aromatic rings. The first-order chi connectivity index (χ1) is 7.31. The van der Waals surface area contributed by atoms with Crippen molar-refractivity contribution >= 4 is 9.84 Å². The van der Waals surface area contributed by atoms with Crippen LogP contribution in [0.25, 0.3) is 0 Å². The largest absolute Gasteiger partial charge is 0.384 e. The highest BCUT2D eigenvalue weighted by atomic mass is 32.2. The van der Waals surface area contributed by atoms with Crippen molar-refractivity contribution in [2.75, 3.05) is 11.5 Å². The summed E-state index contributed by atoms with van der Waals surface area (Å²) in [6.45, 7) is 3.90. The second-order valence-corrected chi connectivity index (χ2v) is 6.93. The van der Waals surface area contributed by atoms with Crippen molar-refractivity contribution < 1.29 is 13.5 Å². The van der Waals surface area contributed by atoms with Crippen molar-refractivity contribution in [2.45, 2.75) is 25.9 Å². The lowest BCUT2D eigenvalue weighted by atomic mass is 9.91. The lowest BCUT2D eigenvalue weighted by molar-refractivity contribution is 0.0652. The second kappa shape index (κ2) is 3.57. The van der Waals surface area contributed by atoms with Gasteiger partial charge in [-0.1, -0.05) is 29.3 Å². The maximum atomic E-state index is 11.4. The van der Waals surface area contributed by atoms with E-state index in [0.717, 1.165) is 16.7 Å². The first-order valence-corrected chi connectivity index (χ1v) is 7.14. The molecule has 1 aliphatic heterocycles. The van der Waals surface area contributed by atoms with Crippen LogP contribution < -0.4 is 0 Å². The quantitative estimate of drug-likeness (QED) is 0.805. The molecular formula is C12H16O3S. The first kappa shape index (κ1) is 11.6. The Labute approximate surface area is 96.0 Å². The molecule has 1 fully saturated rings. The van der Waals surface area contributed by atoms with Crippen LogP contribution in [0.5, 0.6) is 0 Å². The molecule has 88 valence electrons. The minimum atomic E-state index is -3.08. The standard InChI is InChI=1S/C12H16O3S/c1-9-5-10(2)7-11(6-9)12(13)3-4-16(14,15)8-12/h5-7,13H,3-4,8H2,1-2H3. The van der Waals surface area contributed by atoms with Crippen LogP contribution in [0.3, 0.4) is 0 Å². The van der Waals surface area contributed by atoms with Gasteiger partial charge in [0.15, 0.2) is 9.84 Å². The van der Waals surface area contributed by atoms with Gasteiger partial charge in [-0.05, 0) is 25.8 Å². The molecule has 3 nitrogen and oxygen atoms in total. The molecule has 1 unspecified atom stereocenters. The first-order valence-electron chi connectivity index (χ1n) is 5.32. The highest BCUT2D eigenvalue weighted by molar-refractivity contribution is 7.91. The molecule has 1 heterocycles. The minimum Gasteiger partial charge on any atom is -0.384 e. The van der Waals surface area contributed by atoms with Crippen LogP contribution >= 0.6 is 0 Å². The van der Waals surface area contributed by atoms with Gasteiger partial charge in [0.1, 0.15) is 5.60 Å². The monoisotopic (exact) mass is 240 g/mol. The van der Waals surface area contributed by atoms with E-state index in [1.54, 1.807) is 0 Å². The third-order valence-corrected chi connectivity index (χ3v) is 4.79. The highest BCUT2D eigenvalue weighted by Gasteiger charge is 2.41. The maximum Gasteiger partial charge on any atom is 0.153 e. The predicted octanol–water partition coefficient (Wildman–Crippen LogP) is 1.31. The molecule has 1 N–H and O–H groups in total. The molecule has 0 radical (unpaired) electrons. The molecule has 1 saturated heterocycles. The fraction of sp³-hybridized carbons (Fsp3) is 0.500. The van der Waals surface area contributed by atoms with Crippen LogP contribution in [-0.2, 0) is 15.4 Å². The van der Waals surface area contributed by atoms with Crippen LogP contribution in [0.15, 0.2) is 18.2 Å². The van der Waals surface area contributed by atoms with E-state index in [2.05, 4.69) is 0 Å². The Hall–Kier alpha value is -0.870. The summed E-state index contributed by atoms with van der Waals surface area (Å²) in [6, 6.07) is 5.75. The van der Waals surface area contributed by atoms with E-state index in [4.69, 9.17) is 0 Å². The molecule has 0 aliphatic carbocycles. The number of hydrogen-bond acceptors (Lipinski definition) is 3. The van der Waals surface area contributed by atoms with Crippen LogP contribution in [0.1, 0.15) is 23.1 Å². The third kappa shape index (κ3) is 2.13. The Morgan fingerprint density at radius 2 is 1.75 bits per heavy atom. The SMILES string of the molecule is Cc1cc(C)cc(C2(O)CCS(=O)(=O)C2)c1. The number of aliphatic hydroxyl groups is 1. The molecule has 16 heavy (non-hydrogen) atoms. The van der Waals surface area contributed by atoms with E-state index in [9.17, 15) is 13.5 Å². The van der Waals surface area contributed by atoms with Gasteiger partial charge in [0, 0.05) is 0 Å². The summed E-state index contributed by atoms with van der Waals surface area (Å²) in [6.07, 6.45) is 0.304. The number of hydrogen-bond donors (Lipinski definition) is 1. The van der Waals surface area contributed by atoms with Crippen molar-refractivity contribution in [3.8, 4) is 0 Å². The topological polar surface area (TPSA) is 54.4 Å². The van der Waals surface area contributed by atoms with Crippen LogP contribution in [0, 0.1) is 13.8 Å². The summed E-state index contributed by atoms with van der Waals surface area (Å²) in [5, 5.41) is 10.4. The van der Waals surface area contributed by atoms with Crippen LogP contribution in [0.4, 0.5) is 0 Å². The summed E-state index contributed by atoms with van der Waals surface area (Å²) >= 11 is 0. The Balaban J connectivity index is 2.45. The van der Waals surface area contributed by atoms with Crippen molar-refractivity contribution in [1.29, 1.82) is 0 Å². The summed E-state index contributed by atoms with van der Waals surface area (Å²) in [4.78, 5) is 0. The van der Waals surface area contributed by atoms with Crippen LogP contribution in [0.2, 0.25) is 0 Å². The van der Waals surface area contributed by atoms with Gasteiger partial charge in [-0.15, -0.1) is 0 Å². The van der Waals surface area contributed by atoms with Crippen LogP contribution in [-0.4, -0.2) is 25.0 Å². The summed E-state index contributed by atoms with van der Waals surface area (Å²) in [7, 11) is -3.08. The van der Waals surface area contributed by atoms with Gasteiger partial charge in [-0.25, -0.2) is 8.42 Å². The van der Waals surface area contributed by atoms with E-state index < -0.39 is 15.4 Å². The van der Waals surface area contributed by atoms with E-state index >= 15 is 0 Å². The molecular weight excluding hydrogens is 224 g/mol. The average Bonchev–Trinajstić information content (AvgIpc) is 2.40. The minimum absolute atomic E-state index is 0.0799. The van der Waals surface area contributed by atoms with E-state index in [0.29, 0.717) is 6.42 Å². The van der Waals surface area contributed by atoms with E-state index in [-0.39, 0.29) is 11.5 Å². The number of sulfone groups is 1. The fourth-order valence-electron chi connectivity index (χ4n) is 2.30. The van der Waals surface area contributed by atoms with Gasteiger partial charge in [0.25, 0.3) is 0 Å². The second-order valence-electron chi connectivity index (χ2n) is 4.75. The van der Waals surface area contributed by atoms with Gasteiger partial charge >= 0.3 is 0 Å². The molecule has 1 atom stereocenters. The van der Waals surface area contributed by atoms with Crippen molar-refractivity contribution in [3.05, 3.63) is 34.9 Å². The van der Waals surface area contributed by atoms with E-state index in [1.165, 1.54) is 0 Å². The van der Waals surface area contributed by atoms with Gasteiger partial charge in [-0.3, -0.25) is 0 Å². The lowest BCUT2D eigenvalue weighted by Crippen LogP contribution is -2.27. The molecule has 4 heteroatoms. The predicted molar refractivity (Wildman–Crippen MR) is 63.1 cm³/mol. The molecule has 0 aromatic heterocycles. The summed E-state index contributed by atoms with van der Waals surface area (Å²) < 4.78 is 22.9. The zero-order valence-electron chi connectivity index (χ0n) is 9.53. The zero-order chi connectivity index (χ0) is 12.0. The van der Waals surface area contributed by atoms with Crippen molar-refractivity contribution in [2.24, 2.45) is 0 Å². The Morgan fingerprint density at radius 3 is 2.19 bits per heavy atom. The lowest BCUT2D eigenvalue weighted by Gasteiger charge is -2.22.